The summed E-state index contributed by atoms with van der Waals surface area (Å²) >= 11 is 0. The van der Waals surface area contributed by atoms with Crippen molar-refractivity contribution in [2.45, 2.75) is 31.7 Å². The van der Waals surface area contributed by atoms with Gasteiger partial charge in [0.25, 0.3) is 0 Å². The molecule has 1 aliphatic carbocycles. The van der Waals surface area contributed by atoms with E-state index in [4.69, 9.17) is 5.73 Å². The first kappa shape index (κ1) is 19.9. The quantitative estimate of drug-likeness (QED) is 0.863. The second kappa shape index (κ2) is 9.25. The highest BCUT2D eigenvalue weighted by Gasteiger charge is 2.30. The Kier molecular flexibility index (Phi) is 8.02. The van der Waals surface area contributed by atoms with Crippen LogP contribution in [-0.4, -0.2) is 53.2 Å². The maximum atomic E-state index is 12.6. The molecule has 2 aliphatic rings. The van der Waals surface area contributed by atoms with Crippen molar-refractivity contribution in [1.29, 1.82) is 0 Å². The lowest BCUT2D eigenvalue weighted by molar-refractivity contribution is -0.137. The molecule has 0 aromatic carbocycles. The van der Waals surface area contributed by atoms with E-state index in [2.05, 4.69) is 15.1 Å². The monoisotopic (exact) mass is 361 g/mol. The van der Waals surface area contributed by atoms with Crippen molar-refractivity contribution >= 4 is 36.5 Å². The summed E-state index contributed by atoms with van der Waals surface area (Å²) in [7, 11) is 0. The molecule has 2 heterocycles. The summed E-state index contributed by atoms with van der Waals surface area (Å²) in [6.07, 6.45) is 5.66. The van der Waals surface area contributed by atoms with Crippen LogP contribution in [0.25, 0.3) is 0 Å². The van der Waals surface area contributed by atoms with Crippen molar-refractivity contribution < 1.29 is 4.79 Å². The van der Waals surface area contributed by atoms with E-state index in [0.717, 1.165) is 57.7 Å². The van der Waals surface area contributed by atoms with Gasteiger partial charge in [0.2, 0.25) is 5.91 Å². The number of carbonyl (C=O) groups excluding carboxylic acids is 1. The highest BCUT2D eigenvalue weighted by Crippen LogP contribution is 2.25. The molecule has 1 saturated heterocycles. The number of nitrogens with two attached hydrogens (primary N) is 1. The smallest absolute Gasteiger partial charge is 0.225 e. The van der Waals surface area contributed by atoms with E-state index in [9.17, 15) is 4.79 Å². The van der Waals surface area contributed by atoms with Crippen molar-refractivity contribution in [2.24, 2.45) is 11.7 Å². The molecule has 2 fully saturated rings. The zero-order valence-electron chi connectivity index (χ0n) is 13.1. The second-order valence-electron chi connectivity index (χ2n) is 6.02. The molecule has 2 atom stereocenters. The van der Waals surface area contributed by atoms with Crippen LogP contribution in [0.15, 0.2) is 18.3 Å². The van der Waals surface area contributed by atoms with E-state index in [1.807, 2.05) is 17.0 Å². The van der Waals surface area contributed by atoms with Gasteiger partial charge >= 0.3 is 0 Å². The van der Waals surface area contributed by atoms with Crippen molar-refractivity contribution in [3.63, 3.8) is 0 Å². The van der Waals surface area contributed by atoms with Gasteiger partial charge in [-0.05, 0) is 31.4 Å². The molecule has 0 spiro atoms. The molecule has 0 radical (unpaired) electrons. The highest BCUT2D eigenvalue weighted by atomic mass is 35.5. The predicted molar refractivity (Wildman–Crippen MR) is 95.3 cm³/mol. The van der Waals surface area contributed by atoms with E-state index in [1.54, 1.807) is 6.20 Å². The van der Waals surface area contributed by atoms with Crippen LogP contribution in [0.4, 0.5) is 5.82 Å². The molecule has 3 rings (SSSR count). The van der Waals surface area contributed by atoms with Gasteiger partial charge in [-0.3, -0.25) is 4.79 Å². The minimum absolute atomic E-state index is 0. The largest absolute Gasteiger partial charge is 0.352 e. The molecule has 1 aliphatic heterocycles. The summed E-state index contributed by atoms with van der Waals surface area (Å²) in [6, 6.07) is 4.06. The van der Waals surface area contributed by atoms with Crippen LogP contribution in [0, 0.1) is 5.92 Å². The van der Waals surface area contributed by atoms with Gasteiger partial charge in [-0.15, -0.1) is 29.9 Å². The van der Waals surface area contributed by atoms with Gasteiger partial charge in [0.05, 0.1) is 0 Å². The van der Waals surface area contributed by atoms with Gasteiger partial charge < -0.3 is 15.5 Å². The number of nitrogens with zero attached hydrogens (tertiary/aromatic N) is 4. The zero-order chi connectivity index (χ0) is 14.7. The summed E-state index contributed by atoms with van der Waals surface area (Å²) < 4.78 is 0. The van der Waals surface area contributed by atoms with Gasteiger partial charge in [-0.1, -0.05) is 6.42 Å². The number of rotatable bonds is 2. The lowest BCUT2D eigenvalue weighted by Crippen LogP contribution is -2.51. The van der Waals surface area contributed by atoms with E-state index >= 15 is 0 Å². The molecular weight excluding hydrogens is 337 g/mol. The van der Waals surface area contributed by atoms with Gasteiger partial charge in [0.15, 0.2) is 5.82 Å². The Labute approximate surface area is 149 Å². The van der Waals surface area contributed by atoms with E-state index in [0.29, 0.717) is 5.91 Å². The average molecular weight is 362 g/mol. The third-order valence-electron chi connectivity index (χ3n) is 4.54. The van der Waals surface area contributed by atoms with Gasteiger partial charge in [0.1, 0.15) is 0 Å². The Morgan fingerprint density at radius 3 is 2.52 bits per heavy atom. The second-order valence-corrected chi connectivity index (χ2v) is 6.02. The molecule has 8 heteroatoms. The van der Waals surface area contributed by atoms with Gasteiger partial charge in [-0.25, -0.2) is 0 Å². The third-order valence-corrected chi connectivity index (χ3v) is 4.54. The van der Waals surface area contributed by atoms with Crippen LogP contribution >= 0.6 is 24.8 Å². The first-order chi connectivity index (χ1) is 10.2. The molecule has 1 saturated carbocycles. The number of aromatic nitrogens is 2. The predicted octanol–water partition coefficient (Wildman–Crippen LogP) is 1.49. The summed E-state index contributed by atoms with van der Waals surface area (Å²) in [5.74, 6) is 1.32. The van der Waals surface area contributed by atoms with Crippen molar-refractivity contribution in [3.8, 4) is 0 Å². The number of carbonyl (C=O) groups is 1. The first-order valence-electron chi connectivity index (χ1n) is 7.81. The minimum Gasteiger partial charge on any atom is -0.352 e. The fraction of sp³-hybridized carbons (Fsp3) is 0.667. The standard InChI is InChI=1S/C15H23N5O.2ClH/c16-13-4-1-3-12(11-13)15(21)20-9-7-19(8-10-20)14-5-2-6-17-18-14;;/h2,5-6,12-13H,1,3-4,7-11,16H2;2*1H. The van der Waals surface area contributed by atoms with E-state index in [1.165, 1.54) is 0 Å². The summed E-state index contributed by atoms with van der Waals surface area (Å²) in [4.78, 5) is 16.7. The number of anilines is 1. The fourth-order valence-electron chi connectivity index (χ4n) is 3.33. The minimum atomic E-state index is 0. The lowest BCUT2D eigenvalue weighted by atomic mass is 9.85. The number of halogens is 2. The summed E-state index contributed by atoms with van der Waals surface area (Å²) in [5, 5.41) is 8.04. The van der Waals surface area contributed by atoms with E-state index < -0.39 is 0 Å². The molecule has 130 valence electrons. The van der Waals surface area contributed by atoms with E-state index in [-0.39, 0.29) is 36.8 Å². The van der Waals surface area contributed by atoms with Gasteiger partial charge in [0, 0.05) is 44.3 Å². The maximum absolute atomic E-state index is 12.6. The normalized spacial score (nSPS) is 24.4. The van der Waals surface area contributed by atoms with Crippen LogP contribution in [0.5, 0.6) is 0 Å². The van der Waals surface area contributed by atoms with Crippen LogP contribution in [-0.2, 0) is 4.79 Å². The number of hydrogen-bond donors (Lipinski definition) is 1. The number of hydrogen-bond acceptors (Lipinski definition) is 5. The fourth-order valence-corrected chi connectivity index (χ4v) is 3.33. The van der Waals surface area contributed by atoms with Crippen molar-refractivity contribution in [1.82, 2.24) is 15.1 Å². The first-order valence-corrected chi connectivity index (χ1v) is 7.81. The van der Waals surface area contributed by atoms with Crippen LogP contribution in [0.3, 0.4) is 0 Å². The Morgan fingerprint density at radius 2 is 1.91 bits per heavy atom. The molecule has 1 amide bonds. The Hall–Kier alpha value is -1.11. The van der Waals surface area contributed by atoms with Crippen LogP contribution < -0.4 is 10.6 Å². The topological polar surface area (TPSA) is 75.4 Å². The molecule has 0 bridgehead atoms. The van der Waals surface area contributed by atoms with Crippen molar-refractivity contribution in [2.75, 3.05) is 31.1 Å². The summed E-state index contributed by atoms with van der Waals surface area (Å²) in [5.41, 5.74) is 6.00. The van der Waals surface area contributed by atoms with Gasteiger partial charge in [-0.2, -0.15) is 5.10 Å². The third kappa shape index (κ3) is 4.93. The molecular formula is C15H25Cl2N5O. The molecule has 1 aromatic rings. The molecule has 23 heavy (non-hydrogen) atoms. The zero-order valence-corrected chi connectivity index (χ0v) is 14.8. The molecule has 2 N–H and O–H groups in total. The Bertz CT molecular complexity index is 482. The highest BCUT2D eigenvalue weighted by molar-refractivity contribution is 5.85. The number of amides is 1. The number of piperazine rings is 1. The lowest BCUT2D eigenvalue weighted by Gasteiger charge is -2.38. The molecule has 1 aromatic heterocycles. The van der Waals surface area contributed by atoms with Crippen LogP contribution in [0.1, 0.15) is 25.7 Å². The Morgan fingerprint density at radius 1 is 1.17 bits per heavy atom. The maximum Gasteiger partial charge on any atom is 0.225 e. The molecule has 6 nitrogen and oxygen atoms in total. The Balaban J connectivity index is 0.00000132. The SMILES string of the molecule is Cl.Cl.NC1CCCC(C(=O)N2CCN(c3cccnn3)CC2)C1. The summed E-state index contributed by atoms with van der Waals surface area (Å²) in [6.45, 7) is 3.18. The van der Waals surface area contributed by atoms with Crippen LogP contribution in [0.2, 0.25) is 0 Å². The van der Waals surface area contributed by atoms with Crippen molar-refractivity contribution in [3.05, 3.63) is 18.3 Å². The molecule has 2 unspecified atom stereocenters. The average Bonchev–Trinajstić information content (AvgIpc) is 2.55.